The molecule has 1 amide bonds. The molecule has 0 heterocycles. The molecule has 0 bridgehead atoms. The lowest BCUT2D eigenvalue weighted by Gasteiger charge is -2.09. The van der Waals surface area contributed by atoms with E-state index in [1.54, 1.807) is 19.9 Å². The van der Waals surface area contributed by atoms with E-state index in [-0.39, 0.29) is 17.0 Å². The summed E-state index contributed by atoms with van der Waals surface area (Å²) in [7, 11) is 0. The zero-order chi connectivity index (χ0) is 10.7. The molecule has 14 heavy (non-hydrogen) atoms. The molecule has 2 nitrogen and oxygen atoms in total. The van der Waals surface area contributed by atoms with Crippen LogP contribution in [0.15, 0.2) is 18.2 Å². The number of hydrogen-bond donors (Lipinski definition) is 2. The molecule has 0 spiro atoms. The van der Waals surface area contributed by atoms with Gasteiger partial charge < -0.3 is 5.32 Å². The SMILES string of the molecule is Cc1cc(F)ccc1NC(=O)C(C)S. The number of amides is 1. The normalized spacial score (nSPS) is 12.3. The van der Waals surface area contributed by atoms with E-state index in [1.165, 1.54) is 12.1 Å². The third kappa shape index (κ3) is 2.73. The van der Waals surface area contributed by atoms with Crippen LogP contribution in [0.5, 0.6) is 0 Å². The standard InChI is InChI=1S/C10H12FNOS/c1-6-5-8(11)3-4-9(6)12-10(13)7(2)14/h3-5,7,14H,1-2H3,(H,12,13). The van der Waals surface area contributed by atoms with Gasteiger partial charge in [0, 0.05) is 5.69 Å². The molecular formula is C10H12FNOS. The minimum Gasteiger partial charge on any atom is -0.325 e. The number of nitrogens with one attached hydrogen (secondary N) is 1. The van der Waals surface area contributed by atoms with Crippen molar-refractivity contribution in [1.82, 2.24) is 0 Å². The van der Waals surface area contributed by atoms with Crippen LogP contribution in [0.3, 0.4) is 0 Å². The first kappa shape index (κ1) is 11.0. The average Bonchev–Trinajstić information content (AvgIpc) is 2.09. The summed E-state index contributed by atoms with van der Waals surface area (Å²) in [6.07, 6.45) is 0. The van der Waals surface area contributed by atoms with Crippen LogP contribution < -0.4 is 5.32 Å². The van der Waals surface area contributed by atoms with Crippen LogP contribution in [0, 0.1) is 12.7 Å². The number of hydrogen-bond acceptors (Lipinski definition) is 2. The summed E-state index contributed by atoms with van der Waals surface area (Å²) in [5, 5.41) is 2.28. The van der Waals surface area contributed by atoms with Gasteiger partial charge in [-0.15, -0.1) is 0 Å². The van der Waals surface area contributed by atoms with Crippen molar-refractivity contribution in [1.29, 1.82) is 0 Å². The molecule has 1 atom stereocenters. The van der Waals surface area contributed by atoms with Crippen LogP contribution >= 0.6 is 12.6 Å². The fraction of sp³-hybridized carbons (Fsp3) is 0.300. The van der Waals surface area contributed by atoms with Crippen LogP contribution in [0.25, 0.3) is 0 Å². The number of thiol groups is 1. The largest absolute Gasteiger partial charge is 0.325 e. The lowest BCUT2D eigenvalue weighted by atomic mass is 10.2. The summed E-state index contributed by atoms with van der Waals surface area (Å²) in [6, 6.07) is 4.23. The Hall–Kier alpha value is -1.03. The highest BCUT2D eigenvalue weighted by molar-refractivity contribution is 7.81. The van der Waals surface area contributed by atoms with E-state index < -0.39 is 0 Å². The number of carbonyl (C=O) groups excluding carboxylic acids is 1. The Morgan fingerprint density at radius 1 is 1.57 bits per heavy atom. The van der Waals surface area contributed by atoms with Gasteiger partial charge in [-0.2, -0.15) is 12.6 Å². The molecule has 0 aliphatic rings. The molecule has 0 aromatic heterocycles. The summed E-state index contributed by atoms with van der Waals surface area (Å²) >= 11 is 3.99. The Balaban J connectivity index is 2.82. The Bertz CT molecular complexity index is 352. The van der Waals surface area contributed by atoms with Crippen molar-refractivity contribution in [2.24, 2.45) is 0 Å². The van der Waals surface area contributed by atoms with E-state index in [0.29, 0.717) is 11.3 Å². The molecule has 0 aliphatic heterocycles. The Morgan fingerprint density at radius 2 is 2.21 bits per heavy atom. The maximum Gasteiger partial charge on any atom is 0.236 e. The third-order valence-corrected chi connectivity index (χ3v) is 2.06. The Morgan fingerprint density at radius 3 is 2.71 bits per heavy atom. The minimum atomic E-state index is -0.376. The highest BCUT2D eigenvalue weighted by Crippen LogP contribution is 2.16. The van der Waals surface area contributed by atoms with Gasteiger partial charge >= 0.3 is 0 Å². The maximum absolute atomic E-state index is 12.7. The predicted molar refractivity (Wildman–Crippen MR) is 58.2 cm³/mol. The molecule has 1 aromatic rings. The minimum absolute atomic E-state index is 0.192. The molecule has 1 N–H and O–H groups in total. The summed E-state index contributed by atoms with van der Waals surface area (Å²) in [5.41, 5.74) is 1.32. The Labute approximate surface area is 87.9 Å². The van der Waals surface area contributed by atoms with E-state index >= 15 is 0 Å². The second kappa shape index (κ2) is 4.46. The molecule has 0 aliphatic carbocycles. The van der Waals surface area contributed by atoms with Crippen molar-refractivity contribution in [3.05, 3.63) is 29.6 Å². The summed E-state index contributed by atoms with van der Waals surface area (Å²) in [6.45, 7) is 3.42. The van der Waals surface area contributed by atoms with Gasteiger partial charge in [-0.05, 0) is 37.6 Å². The molecular weight excluding hydrogens is 201 g/mol. The number of aryl methyl sites for hydroxylation is 1. The van der Waals surface area contributed by atoms with E-state index in [2.05, 4.69) is 17.9 Å². The summed E-state index contributed by atoms with van der Waals surface area (Å²) in [4.78, 5) is 11.3. The fourth-order valence-corrected chi connectivity index (χ4v) is 1.07. The van der Waals surface area contributed by atoms with Crippen LogP contribution in [0.1, 0.15) is 12.5 Å². The van der Waals surface area contributed by atoms with E-state index in [4.69, 9.17) is 0 Å². The van der Waals surface area contributed by atoms with Gasteiger partial charge in [0.15, 0.2) is 0 Å². The lowest BCUT2D eigenvalue weighted by molar-refractivity contribution is -0.115. The number of rotatable bonds is 2. The van der Waals surface area contributed by atoms with Gasteiger partial charge in [0.05, 0.1) is 5.25 Å². The molecule has 0 fully saturated rings. The van der Waals surface area contributed by atoms with Crippen LogP contribution in [0.4, 0.5) is 10.1 Å². The Kier molecular flexibility index (Phi) is 3.52. The third-order valence-electron chi connectivity index (χ3n) is 1.83. The molecule has 0 radical (unpaired) electrons. The first-order valence-corrected chi connectivity index (χ1v) is 4.77. The summed E-state index contributed by atoms with van der Waals surface area (Å²) < 4.78 is 12.7. The average molecular weight is 213 g/mol. The zero-order valence-corrected chi connectivity index (χ0v) is 8.94. The van der Waals surface area contributed by atoms with Gasteiger partial charge in [-0.3, -0.25) is 4.79 Å². The number of benzene rings is 1. The number of anilines is 1. The van der Waals surface area contributed by atoms with Crippen molar-refractivity contribution in [2.75, 3.05) is 5.32 Å². The first-order chi connectivity index (χ1) is 6.50. The van der Waals surface area contributed by atoms with Gasteiger partial charge in [0.2, 0.25) is 5.91 Å². The summed E-state index contributed by atoms with van der Waals surface area (Å²) in [5.74, 6) is -0.498. The highest BCUT2D eigenvalue weighted by atomic mass is 32.1. The van der Waals surface area contributed by atoms with E-state index in [9.17, 15) is 9.18 Å². The number of halogens is 1. The van der Waals surface area contributed by atoms with Crippen LogP contribution in [0.2, 0.25) is 0 Å². The predicted octanol–water partition coefficient (Wildman–Crippen LogP) is 2.39. The van der Waals surface area contributed by atoms with Gasteiger partial charge in [-0.25, -0.2) is 4.39 Å². The topological polar surface area (TPSA) is 29.1 Å². The van der Waals surface area contributed by atoms with Crippen molar-refractivity contribution >= 4 is 24.2 Å². The molecule has 1 unspecified atom stereocenters. The van der Waals surface area contributed by atoms with Crippen molar-refractivity contribution in [2.45, 2.75) is 19.1 Å². The molecule has 0 saturated heterocycles. The van der Waals surface area contributed by atoms with Crippen molar-refractivity contribution in [3.8, 4) is 0 Å². The number of carbonyl (C=O) groups is 1. The second-order valence-corrected chi connectivity index (χ2v) is 3.90. The van der Waals surface area contributed by atoms with Gasteiger partial charge in [0.25, 0.3) is 0 Å². The van der Waals surface area contributed by atoms with Crippen LogP contribution in [-0.4, -0.2) is 11.2 Å². The highest BCUT2D eigenvalue weighted by Gasteiger charge is 2.09. The zero-order valence-electron chi connectivity index (χ0n) is 8.04. The monoisotopic (exact) mass is 213 g/mol. The van der Waals surface area contributed by atoms with Crippen molar-refractivity contribution < 1.29 is 9.18 Å². The van der Waals surface area contributed by atoms with E-state index in [0.717, 1.165) is 0 Å². The maximum atomic E-state index is 12.7. The first-order valence-electron chi connectivity index (χ1n) is 4.26. The molecule has 0 saturated carbocycles. The van der Waals surface area contributed by atoms with Gasteiger partial charge in [-0.1, -0.05) is 0 Å². The molecule has 1 rings (SSSR count). The molecule has 76 valence electrons. The van der Waals surface area contributed by atoms with Crippen LogP contribution in [-0.2, 0) is 4.79 Å². The molecule has 1 aromatic carbocycles. The fourth-order valence-electron chi connectivity index (χ4n) is 1.00. The second-order valence-electron chi connectivity index (χ2n) is 3.12. The molecule has 4 heteroatoms. The lowest BCUT2D eigenvalue weighted by Crippen LogP contribution is -2.20. The van der Waals surface area contributed by atoms with E-state index in [1.807, 2.05) is 0 Å². The quantitative estimate of drug-likeness (QED) is 0.726. The smallest absolute Gasteiger partial charge is 0.236 e. The van der Waals surface area contributed by atoms with Crippen molar-refractivity contribution in [3.63, 3.8) is 0 Å². The van der Waals surface area contributed by atoms with Gasteiger partial charge in [0.1, 0.15) is 5.82 Å².